The molecule has 0 fully saturated rings. The topological polar surface area (TPSA) is 81.7 Å². The molecule has 0 aliphatic carbocycles. The van der Waals surface area contributed by atoms with Crippen molar-refractivity contribution in [3.63, 3.8) is 0 Å². The lowest BCUT2D eigenvalue weighted by atomic mass is 10.2. The van der Waals surface area contributed by atoms with Gasteiger partial charge in [-0.15, -0.1) is 11.3 Å². The minimum Gasteiger partial charge on any atom is -0.469 e. The lowest BCUT2D eigenvalue weighted by Crippen LogP contribution is -2.43. The zero-order chi connectivity index (χ0) is 16.2. The lowest BCUT2D eigenvalue weighted by molar-refractivity contribution is -0.149. The van der Waals surface area contributed by atoms with E-state index in [1.54, 1.807) is 0 Å². The molecule has 0 bridgehead atoms. The first-order valence-electron chi connectivity index (χ1n) is 5.40. The van der Waals surface area contributed by atoms with Crippen molar-refractivity contribution in [1.29, 1.82) is 0 Å². The number of esters is 2. The van der Waals surface area contributed by atoms with Crippen molar-refractivity contribution in [3.8, 4) is 0 Å². The average Bonchev–Trinajstić information content (AvgIpc) is 2.73. The Morgan fingerprint density at radius 2 is 1.76 bits per heavy atom. The fourth-order valence-corrected chi connectivity index (χ4v) is 3.03. The molecule has 1 N–H and O–H groups in total. The van der Waals surface area contributed by atoms with Crippen molar-refractivity contribution < 1.29 is 23.9 Å². The molecule has 6 nitrogen and oxygen atoms in total. The summed E-state index contributed by atoms with van der Waals surface area (Å²) in [6.45, 7) is 0. The van der Waals surface area contributed by atoms with Crippen LogP contribution in [0.5, 0.6) is 0 Å². The quantitative estimate of drug-likeness (QED) is 0.801. The second-order valence-electron chi connectivity index (χ2n) is 3.66. The van der Waals surface area contributed by atoms with E-state index in [4.69, 9.17) is 34.8 Å². The van der Waals surface area contributed by atoms with Crippen LogP contribution in [0.25, 0.3) is 0 Å². The zero-order valence-corrected chi connectivity index (χ0v) is 14.0. The van der Waals surface area contributed by atoms with Gasteiger partial charge < -0.3 is 14.8 Å². The van der Waals surface area contributed by atoms with Crippen LogP contribution in [0.1, 0.15) is 16.1 Å². The highest BCUT2D eigenvalue weighted by Gasteiger charge is 2.28. The molecule has 1 rings (SSSR count). The first-order valence-corrected chi connectivity index (χ1v) is 7.35. The van der Waals surface area contributed by atoms with E-state index < -0.39 is 23.9 Å². The molecule has 10 heteroatoms. The summed E-state index contributed by atoms with van der Waals surface area (Å²) in [4.78, 5) is 34.9. The van der Waals surface area contributed by atoms with Gasteiger partial charge in [0.2, 0.25) is 0 Å². The van der Waals surface area contributed by atoms with Gasteiger partial charge in [0, 0.05) is 0 Å². The van der Waals surface area contributed by atoms with E-state index in [9.17, 15) is 14.4 Å². The second kappa shape index (κ2) is 7.84. The molecule has 1 aromatic heterocycles. The molecule has 0 aliphatic heterocycles. The van der Waals surface area contributed by atoms with E-state index >= 15 is 0 Å². The summed E-state index contributed by atoms with van der Waals surface area (Å²) in [7, 11) is 2.29. The number of ether oxygens (including phenoxy) is 2. The van der Waals surface area contributed by atoms with Gasteiger partial charge in [0.15, 0.2) is 0 Å². The summed E-state index contributed by atoms with van der Waals surface area (Å²) >= 11 is 18.3. The van der Waals surface area contributed by atoms with Crippen LogP contribution in [0.4, 0.5) is 0 Å². The number of hydrogen-bond donors (Lipinski definition) is 1. The van der Waals surface area contributed by atoms with E-state index in [1.165, 1.54) is 0 Å². The highest BCUT2D eigenvalue weighted by Crippen LogP contribution is 2.40. The molecule has 116 valence electrons. The summed E-state index contributed by atoms with van der Waals surface area (Å²) in [6.07, 6.45) is -0.376. The largest absolute Gasteiger partial charge is 0.469 e. The van der Waals surface area contributed by atoms with E-state index in [2.05, 4.69) is 14.8 Å². The van der Waals surface area contributed by atoms with Crippen molar-refractivity contribution in [2.24, 2.45) is 0 Å². The molecule has 1 amide bonds. The molecule has 0 saturated carbocycles. The smallest absolute Gasteiger partial charge is 0.328 e. The monoisotopic (exact) mass is 373 g/mol. The molecule has 0 aromatic carbocycles. The maximum atomic E-state index is 12.1. The molecule has 0 unspecified atom stereocenters. The Kier molecular flexibility index (Phi) is 6.73. The highest BCUT2D eigenvalue weighted by molar-refractivity contribution is 7.19. The van der Waals surface area contributed by atoms with Crippen molar-refractivity contribution in [1.82, 2.24) is 5.32 Å². The van der Waals surface area contributed by atoms with E-state index in [1.807, 2.05) is 0 Å². The van der Waals surface area contributed by atoms with Gasteiger partial charge in [-0.05, 0) is 0 Å². The Morgan fingerprint density at radius 1 is 1.14 bits per heavy atom. The van der Waals surface area contributed by atoms with Crippen LogP contribution < -0.4 is 5.32 Å². The van der Waals surface area contributed by atoms with Crippen molar-refractivity contribution in [2.45, 2.75) is 12.5 Å². The van der Waals surface area contributed by atoms with Gasteiger partial charge in [0.1, 0.15) is 15.3 Å². The van der Waals surface area contributed by atoms with Gasteiger partial charge in [0.05, 0.1) is 30.7 Å². The zero-order valence-electron chi connectivity index (χ0n) is 10.9. The molecule has 0 saturated heterocycles. The van der Waals surface area contributed by atoms with E-state index in [0.29, 0.717) is 0 Å². The van der Waals surface area contributed by atoms with Gasteiger partial charge in [-0.1, -0.05) is 34.8 Å². The fourth-order valence-electron chi connectivity index (χ4n) is 1.32. The van der Waals surface area contributed by atoms with Gasteiger partial charge in [-0.25, -0.2) is 4.79 Å². The number of carbonyl (C=O) groups excluding carboxylic acids is 3. The Morgan fingerprint density at radius 3 is 2.19 bits per heavy atom. The Hall–Kier alpha value is -1.02. The Bertz CT molecular complexity index is 574. The van der Waals surface area contributed by atoms with Crippen LogP contribution in [0, 0.1) is 0 Å². The standard InChI is InChI=1S/C11H10Cl3NO5S/c1-19-5(16)3-4(11(18)20-2)15-10(17)8-6(12)7(13)9(14)21-8/h4H,3H2,1-2H3,(H,15,17)/t4-/m0/s1. The van der Waals surface area contributed by atoms with E-state index in [-0.39, 0.29) is 25.7 Å². The van der Waals surface area contributed by atoms with Gasteiger partial charge in [0.25, 0.3) is 5.91 Å². The van der Waals surface area contributed by atoms with Crippen LogP contribution in [0.3, 0.4) is 0 Å². The van der Waals surface area contributed by atoms with Gasteiger partial charge in [-0.3, -0.25) is 9.59 Å². The second-order valence-corrected chi connectivity index (χ2v) is 6.04. The molecule has 21 heavy (non-hydrogen) atoms. The predicted octanol–water partition coefficient (Wildman–Crippen LogP) is 2.54. The number of nitrogens with one attached hydrogen (secondary N) is 1. The van der Waals surface area contributed by atoms with Gasteiger partial charge in [-0.2, -0.15) is 0 Å². The van der Waals surface area contributed by atoms with Crippen LogP contribution in [0.2, 0.25) is 14.4 Å². The van der Waals surface area contributed by atoms with Crippen molar-refractivity contribution in [2.75, 3.05) is 14.2 Å². The summed E-state index contributed by atoms with van der Waals surface area (Å²) in [5.41, 5.74) is 0. The first-order chi connectivity index (χ1) is 9.81. The Labute approximate surface area is 139 Å². The third-order valence-corrected chi connectivity index (χ3v) is 4.92. The first kappa shape index (κ1) is 18.0. The maximum Gasteiger partial charge on any atom is 0.328 e. The molecule has 0 radical (unpaired) electrons. The molecular formula is C11H10Cl3NO5S. The fraction of sp³-hybridized carbons (Fsp3) is 0.364. The molecule has 1 atom stereocenters. The molecular weight excluding hydrogens is 365 g/mol. The average molecular weight is 375 g/mol. The van der Waals surface area contributed by atoms with Crippen molar-refractivity contribution in [3.05, 3.63) is 19.3 Å². The van der Waals surface area contributed by atoms with Crippen LogP contribution in [0.15, 0.2) is 0 Å². The van der Waals surface area contributed by atoms with Crippen molar-refractivity contribution >= 4 is 64.0 Å². The van der Waals surface area contributed by atoms with Gasteiger partial charge >= 0.3 is 11.9 Å². The lowest BCUT2D eigenvalue weighted by Gasteiger charge is -2.14. The molecule has 0 aliphatic rings. The van der Waals surface area contributed by atoms with E-state index in [0.717, 1.165) is 25.6 Å². The highest BCUT2D eigenvalue weighted by atomic mass is 35.5. The number of methoxy groups -OCH3 is 2. The Balaban J connectivity index is 2.92. The minimum atomic E-state index is -1.20. The summed E-state index contributed by atoms with van der Waals surface area (Å²) in [6, 6.07) is -1.20. The predicted molar refractivity (Wildman–Crippen MR) is 79.3 cm³/mol. The third kappa shape index (κ3) is 4.47. The maximum absolute atomic E-state index is 12.1. The number of rotatable bonds is 5. The molecule has 1 aromatic rings. The minimum absolute atomic E-state index is 0.0224. The number of hydrogen-bond acceptors (Lipinski definition) is 6. The summed E-state index contributed by atoms with van der Waals surface area (Å²) in [5.74, 6) is -2.17. The van der Waals surface area contributed by atoms with Crippen LogP contribution >= 0.6 is 46.1 Å². The number of halogens is 3. The number of thiophene rings is 1. The number of carbonyl (C=O) groups is 3. The normalized spacial score (nSPS) is 11.7. The molecule has 0 spiro atoms. The summed E-state index contributed by atoms with van der Waals surface area (Å²) < 4.78 is 9.10. The number of amides is 1. The van der Waals surface area contributed by atoms with Crippen LogP contribution in [-0.2, 0) is 19.1 Å². The SMILES string of the molecule is COC(=O)C[C@H](NC(=O)c1sc(Cl)c(Cl)c1Cl)C(=O)OC. The molecule has 1 heterocycles. The summed E-state index contributed by atoms with van der Waals surface area (Å²) in [5, 5.41) is 2.35. The van der Waals surface area contributed by atoms with Crippen LogP contribution in [-0.4, -0.2) is 38.1 Å². The third-order valence-electron chi connectivity index (χ3n) is 2.35.